The molecule has 0 unspecified atom stereocenters. The molecule has 0 fully saturated rings. The second-order valence-corrected chi connectivity index (χ2v) is 3.21. The van der Waals surface area contributed by atoms with Gasteiger partial charge in [0.1, 0.15) is 4.60 Å². The Kier molecular flexibility index (Phi) is 1.46. The number of aromatic nitrogens is 2. The average Bonchev–Trinajstić information content (AvgIpc) is 2.35. The smallest absolute Gasteiger partial charge is 0.115 e. The summed E-state index contributed by atoms with van der Waals surface area (Å²) < 4.78 is 2.98. The molecule has 0 N–H and O–H groups in total. The van der Waals surface area contributed by atoms with Gasteiger partial charge < -0.3 is 4.57 Å². The van der Waals surface area contributed by atoms with Crippen LogP contribution < -0.4 is 0 Å². The van der Waals surface area contributed by atoms with Crippen LogP contribution in [0, 0.1) is 0 Å². The summed E-state index contributed by atoms with van der Waals surface area (Å²) in [5.41, 5.74) is 1.20. The highest BCUT2D eigenvalue weighted by atomic mass is 79.9. The van der Waals surface area contributed by atoms with Crippen LogP contribution in [0.4, 0.5) is 0 Å². The maximum atomic E-state index is 4.12. The Morgan fingerprint density at radius 1 is 1.45 bits per heavy atom. The molecule has 56 valence electrons. The van der Waals surface area contributed by atoms with E-state index in [1.807, 2.05) is 25.4 Å². The van der Waals surface area contributed by atoms with Crippen molar-refractivity contribution < 1.29 is 0 Å². The number of rotatable bonds is 0. The van der Waals surface area contributed by atoms with E-state index in [0.717, 1.165) is 9.99 Å². The van der Waals surface area contributed by atoms with Gasteiger partial charge in [0.05, 0.1) is 5.52 Å². The highest BCUT2D eigenvalue weighted by molar-refractivity contribution is 9.10. The van der Waals surface area contributed by atoms with Crippen LogP contribution in [0.1, 0.15) is 0 Å². The van der Waals surface area contributed by atoms with Gasteiger partial charge in [-0.3, -0.25) is 0 Å². The van der Waals surface area contributed by atoms with E-state index >= 15 is 0 Å². The maximum Gasteiger partial charge on any atom is 0.115 e. The summed E-state index contributed by atoms with van der Waals surface area (Å²) in [5.74, 6) is 0. The molecule has 3 heteroatoms. The third-order valence-corrected chi connectivity index (χ3v) is 2.40. The van der Waals surface area contributed by atoms with Gasteiger partial charge in [-0.2, -0.15) is 0 Å². The molecule has 11 heavy (non-hydrogen) atoms. The molecule has 0 bridgehead atoms. The van der Waals surface area contributed by atoms with Gasteiger partial charge in [0.25, 0.3) is 0 Å². The summed E-state index contributed by atoms with van der Waals surface area (Å²) >= 11 is 3.39. The normalized spacial score (nSPS) is 10.7. The summed E-state index contributed by atoms with van der Waals surface area (Å²) in [4.78, 5) is 4.12. The number of nitrogens with zero attached hydrogens (tertiary/aromatic N) is 2. The van der Waals surface area contributed by atoms with Crippen molar-refractivity contribution in [3.05, 3.63) is 29.1 Å². The predicted molar refractivity (Wildman–Crippen MR) is 48.4 cm³/mol. The molecule has 0 amide bonds. The highest BCUT2D eigenvalue weighted by Gasteiger charge is 2.00. The lowest BCUT2D eigenvalue weighted by atomic mass is 10.3. The molecule has 0 aromatic carbocycles. The lowest BCUT2D eigenvalue weighted by molar-refractivity contribution is 0.968. The highest BCUT2D eigenvalue weighted by Crippen LogP contribution is 2.21. The Bertz CT molecular complexity index is 392. The van der Waals surface area contributed by atoms with E-state index in [9.17, 15) is 0 Å². The zero-order valence-electron chi connectivity index (χ0n) is 6.08. The molecule has 0 aliphatic carbocycles. The Labute approximate surface area is 73.0 Å². The minimum Gasteiger partial charge on any atom is -0.350 e. The van der Waals surface area contributed by atoms with Crippen molar-refractivity contribution in [3.63, 3.8) is 0 Å². The number of pyridine rings is 1. The van der Waals surface area contributed by atoms with Crippen LogP contribution in [0.25, 0.3) is 10.9 Å². The van der Waals surface area contributed by atoms with E-state index in [1.54, 1.807) is 6.20 Å². The van der Waals surface area contributed by atoms with Crippen LogP contribution >= 0.6 is 15.9 Å². The third-order valence-electron chi connectivity index (χ3n) is 1.76. The van der Waals surface area contributed by atoms with Gasteiger partial charge in [0.2, 0.25) is 0 Å². The first-order valence-corrected chi connectivity index (χ1v) is 4.14. The zero-order chi connectivity index (χ0) is 7.84. The van der Waals surface area contributed by atoms with Gasteiger partial charge in [0, 0.05) is 24.8 Å². The molecule has 2 heterocycles. The van der Waals surface area contributed by atoms with E-state index < -0.39 is 0 Å². The Balaban J connectivity index is 2.94. The summed E-state index contributed by atoms with van der Waals surface area (Å²) in [6.07, 6.45) is 3.82. The van der Waals surface area contributed by atoms with E-state index in [-0.39, 0.29) is 0 Å². The fourth-order valence-electron chi connectivity index (χ4n) is 1.17. The van der Waals surface area contributed by atoms with Crippen molar-refractivity contribution in [1.82, 2.24) is 9.55 Å². The SMILES string of the molecule is Cn1ccc2c(Br)nccc21. The number of fused-ring (bicyclic) bond motifs is 1. The van der Waals surface area contributed by atoms with Crippen LogP contribution in [0.3, 0.4) is 0 Å². The van der Waals surface area contributed by atoms with Crippen LogP contribution in [0.15, 0.2) is 29.1 Å². The van der Waals surface area contributed by atoms with Crippen LogP contribution in [0.2, 0.25) is 0 Å². The molecular formula is C8H7BrN2. The third kappa shape index (κ3) is 0.959. The predicted octanol–water partition coefficient (Wildman–Crippen LogP) is 2.34. The van der Waals surface area contributed by atoms with Gasteiger partial charge in [0.15, 0.2) is 0 Å². The summed E-state index contributed by atoms with van der Waals surface area (Å²) in [6.45, 7) is 0. The lowest BCUT2D eigenvalue weighted by Crippen LogP contribution is -1.83. The average molecular weight is 211 g/mol. The Morgan fingerprint density at radius 3 is 3.00 bits per heavy atom. The quantitative estimate of drug-likeness (QED) is 0.611. The first-order valence-electron chi connectivity index (χ1n) is 3.34. The van der Waals surface area contributed by atoms with Crippen molar-refractivity contribution in [2.45, 2.75) is 0 Å². The Hall–Kier alpha value is -0.830. The van der Waals surface area contributed by atoms with Crippen LogP contribution in [-0.2, 0) is 7.05 Å². The maximum absolute atomic E-state index is 4.12. The molecular weight excluding hydrogens is 204 g/mol. The van der Waals surface area contributed by atoms with Crippen LogP contribution in [-0.4, -0.2) is 9.55 Å². The monoisotopic (exact) mass is 210 g/mol. The topological polar surface area (TPSA) is 17.8 Å². The van der Waals surface area contributed by atoms with Gasteiger partial charge in [-0.25, -0.2) is 4.98 Å². The fourth-order valence-corrected chi connectivity index (χ4v) is 1.62. The Morgan fingerprint density at radius 2 is 2.27 bits per heavy atom. The standard InChI is InChI=1S/C8H7BrN2/c1-11-5-3-6-7(11)2-4-10-8(6)9/h2-5H,1H3. The molecule has 2 nitrogen and oxygen atoms in total. The number of hydrogen-bond acceptors (Lipinski definition) is 1. The van der Waals surface area contributed by atoms with Crippen LogP contribution in [0.5, 0.6) is 0 Å². The summed E-state index contributed by atoms with van der Waals surface area (Å²) in [6, 6.07) is 4.05. The van der Waals surface area contributed by atoms with E-state index in [0.29, 0.717) is 0 Å². The molecule has 0 atom stereocenters. The first kappa shape index (κ1) is 6.85. The van der Waals surface area contributed by atoms with E-state index in [1.165, 1.54) is 5.52 Å². The number of aryl methyl sites for hydroxylation is 1. The van der Waals surface area contributed by atoms with E-state index in [2.05, 4.69) is 25.5 Å². The zero-order valence-corrected chi connectivity index (χ0v) is 7.67. The van der Waals surface area contributed by atoms with Crippen molar-refractivity contribution in [1.29, 1.82) is 0 Å². The molecule has 2 aromatic rings. The molecule has 0 aliphatic heterocycles. The molecule has 0 radical (unpaired) electrons. The molecule has 0 spiro atoms. The lowest BCUT2D eigenvalue weighted by Gasteiger charge is -1.95. The number of hydrogen-bond donors (Lipinski definition) is 0. The minimum atomic E-state index is 0.913. The van der Waals surface area contributed by atoms with Crippen molar-refractivity contribution >= 4 is 26.8 Å². The first-order chi connectivity index (χ1) is 5.29. The fraction of sp³-hybridized carbons (Fsp3) is 0.125. The van der Waals surface area contributed by atoms with Gasteiger partial charge >= 0.3 is 0 Å². The largest absolute Gasteiger partial charge is 0.350 e. The van der Waals surface area contributed by atoms with Crippen molar-refractivity contribution in [3.8, 4) is 0 Å². The summed E-state index contributed by atoms with van der Waals surface area (Å²) in [7, 11) is 2.02. The van der Waals surface area contributed by atoms with Gasteiger partial charge in [-0.15, -0.1) is 0 Å². The van der Waals surface area contributed by atoms with Gasteiger partial charge in [-0.05, 0) is 28.1 Å². The minimum absolute atomic E-state index is 0.913. The molecule has 2 rings (SSSR count). The molecule has 0 saturated carbocycles. The molecule has 2 aromatic heterocycles. The van der Waals surface area contributed by atoms with E-state index in [4.69, 9.17) is 0 Å². The molecule has 0 saturated heterocycles. The molecule has 0 aliphatic rings. The van der Waals surface area contributed by atoms with Crippen molar-refractivity contribution in [2.24, 2.45) is 7.05 Å². The number of halogens is 1. The van der Waals surface area contributed by atoms with Gasteiger partial charge in [-0.1, -0.05) is 0 Å². The van der Waals surface area contributed by atoms with Crippen molar-refractivity contribution in [2.75, 3.05) is 0 Å². The second kappa shape index (κ2) is 2.34. The second-order valence-electron chi connectivity index (χ2n) is 2.46. The summed E-state index contributed by atoms with van der Waals surface area (Å²) in [5, 5.41) is 1.16.